The maximum Gasteiger partial charge on any atom is 0.416 e. The lowest BCUT2D eigenvalue weighted by Gasteiger charge is -2.35. The molecule has 5 rings (SSSR count). The molecule has 0 spiro atoms. The highest BCUT2D eigenvalue weighted by atomic mass is 35.5. The standard InChI is InChI=1S/C19H15ClF3NO7.C14H20ClNO2.C11H11Cl2NO2.C3H8NO5P.C3H9S/c1-3-29-17(25)10(2)30-18(26)13-9-12(5-6-15(13)24(27)28)31-16-7-4-11(8-14(16)20)19(21,22)23;1-4-11-7-6-8-12(5-2)14(11)16(10-18-3)13(17)9-15;1-7-6-16-9-5-3-2-4-8(9)14(7)11(15)10(12)13;5-3(6)1-4-2-10(7,8)9;1-4(2)3/h4-10H,3H2,1-2H3;6-8H,4-5,9-10H2,1-3H3;2-5,7,10H,6H2,1H3;4H,1-2H2,(H,5,6)(H2,7,8,9);1-3H3/q;;;;+1/p-1. The van der Waals surface area contributed by atoms with E-state index in [4.69, 9.17) is 80.1 Å². The summed E-state index contributed by atoms with van der Waals surface area (Å²) in [6.07, 6.45) is 1.68. The van der Waals surface area contributed by atoms with Crippen LogP contribution in [0.3, 0.4) is 0 Å². The van der Waals surface area contributed by atoms with Gasteiger partial charge in [0.1, 0.15) is 49.6 Å². The largest absolute Gasteiger partial charge is 0.778 e. The maximum absolute atomic E-state index is 12.8. The summed E-state index contributed by atoms with van der Waals surface area (Å²) < 4.78 is 73.8. The summed E-state index contributed by atoms with van der Waals surface area (Å²) >= 11 is 22.8. The van der Waals surface area contributed by atoms with Gasteiger partial charge in [0, 0.05) is 19.2 Å². The van der Waals surface area contributed by atoms with E-state index in [9.17, 15) is 56.7 Å². The van der Waals surface area contributed by atoms with Gasteiger partial charge in [-0.05, 0) is 92.0 Å². The molecular formula is C50H62Cl4F3N4O16PS. The topological polar surface area (TPSA) is 274 Å². The number of rotatable bonds is 18. The number of esters is 2. The van der Waals surface area contributed by atoms with Gasteiger partial charge in [0.15, 0.2) is 10.9 Å². The molecule has 0 saturated heterocycles. The van der Waals surface area contributed by atoms with Crippen LogP contribution in [-0.4, -0.2) is 126 Å². The van der Waals surface area contributed by atoms with Gasteiger partial charge in [-0.1, -0.05) is 79.0 Å². The van der Waals surface area contributed by atoms with Crippen LogP contribution >= 0.6 is 54.0 Å². The van der Waals surface area contributed by atoms with Crippen molar-refractivity contribution in [3.63, 3.8) is 0 Å². The number of carbonyl (C=O) groups is 5. The van der Waals surface area contributed by atoms with E-state index in [0.29, 0.717) is 29.3 Å². The molecule has 0 aliphatic carbocycles. The Hall–Kier alpha value is -5.40. The van der Waals surface area contributed by atoms with E-state index in [2.05, 4.69) is 32.6 Å². The van der Waals surface area contributed by atoms with E-state index < -0.39 is 77.2 Å². The number of amides is 2. The lowest BCUT2D eigenvalue weighted by molar-refractivity contribution is -0.385. The summed E-state index contributed by atoms with van der Waals surface area (Å²) in [7, 11) is -2.13. The number of para-hydroxylation sites is 3. The number of nitro benzene ring substituents is 1. The third-order valence-electron chi connectivity index (χ3n) is 9.74. The Morgan fingerprint density at radius 3 is 2.06 bits per heavy atom. The molecule has 4 aromatic carbocycles. The van der Waals surface area contributed by atoms with Crippen LogP contribution in [0.2, 0.25) is 5.02 Å². The highest BCUT2D eigenvalue weighted by molar-refractivity contribution is 7.94. The molecular weight excluding hydrogens is 1170 g/mol. The molecule has 3 N–H and O–H groups in total. The fourth-order valence-corrected chi connectivity index (χ4v) is 7.36. The molecule has 1 aliphatic rings. The summed E-state index contributed by atoms with van der Waals surface area (Å²) in [4.78, 5) is 88.2. The summed E-state index contributed by atoms with van der Waals surface area (Å²) in [6.45, 7) is 9.06. The molecule has 3 atom stereocenters. The van der Waals surface area contributed by atoms with Crippen molar-refractivity contribution in [2.24, 2.45) is 0 Å². The number of carboxylic acid groups (broad SMARTS) is 1. The lowest BCUT2D eigenvalue weighted by Crippen LogP contribution is -2.47. The Morgan fingerprint density at radius 1 is 0.987 bits per heavy atom. The molecule has 2 amide bonds. The minimum atomic E-state index is -4.61. The maximum atomic E-state index is 12.8. The zero-order valence-electron chi connectivity index (χ0n) is 44.3. The number of benzene rings is 4. The molecule has 438 valence electrons. The van der Waals surface area contributed by atoms with Crippen molar-refractivity contribution in [2.75, 3.05) is 74.3 Å². The van der Waals surface area contributed by atoms with E-state index in [1.54, 1.807) is 23.8 Å². The molecule has 0 saturated carbocycles. The van der Waals surface area contributed by atoms with Crippen molar-refractivity contribution in [1.29, 1.82) is 0 Å². The Morgan fingerprint density at radius 2 is 1.58 bits per heavy atom. The van der Waals surface area contributed by atoms with E-state index in [1.165, 1.54) is 6.92 Å². The quantitative estimate of drug-likeness (QED) is 0.0159. The van der Waals surface area contributed by atoms with Gasteiger partial charge >= 0.3 is 24.1 Å². The van der Waals surface area contributed by atoms with Crippen LogP contribution in [0.4, 0.5) is 30.2 Å². The number of halogens is 7. The highest BCUT2D eigenvalue weighted by Gasteiger charge is 2.33. The molecule has 0 bridgehead atoms. The van der Waals surface area contributed by atoms with Crippen molar-refractivity contribution in [1.82, 2.24) is 5.32 Å². The Labute approximate surface area is 478 Å². The number of nitro groups is 1. The summed E-state index contributed by atoms with van der Waals surface area (Å²) in [5.74, 6) is -3.33. The predicted octanol–water partition coefficient (Wildman–Crippen LogP) is 9.42. The van der Waals surface area contributed by atoms with Crippen molar-refractivity contribution in [2.45, 2.75) is 70.6 Å². The van der Waals surface area contributed by atoms with Gasteiger partial charge in [0.05, 0.1) is 71.1 Å². The average Bonchev–Trinajstić information content (AvgIpc) is 3.37. The minimum absolute atomic E-state index is 0.0371. The number of carboxylic acids is 1. The number of anilines is 2. The highest BCUT2D eigenvalue weighted by Crippen LogP contribution is 2.38. The number of nitrogens with zero attached hydrogens (tertiary/aromatic N) is 3. The van der Waals surface area contributed by atoms with Crippen LogP contribution in [-0.2, 0) is 67.9 Å². The number of methoxy groups -OCH3 is 1. The number of hydrogen-bond acceptors (Lipinski definition) is 15. The van der Waals surface area contributed by atoms with Gasteiger partial charge < -0.3 is 48.0 Å². The Bertz CT molecular complexity index is 2680. The van der Waals surface area contributed by atoms with Crippen LogP contribution in [0.1, 0.15) is 61.7 Å². The fourth-order valence-electron chi connectivity index (χ4n) is 6.39. The van der Waals surface area contributed by atoms with E-state index >= 15 is 0 Å². The number of aryl methyl sites for hydroxylation is 2. The van der Waals surface area contributed by atoms with Crippen LogP contribution in [0, 0.1) is 10.1 Å². The molecule has 29 heteroatoms. The van der Waals surface area contributed by atoms with Crippen LogP contribution < -0.4 is 29.5 Å². The van der Waals surface area contributed by atoms with Crippen molar-refractivity contribution in [3.05, 3.63) is 116 Å². The SMILES string of the molecule is CC1COc2ccccc2N1C(=O)C(Cl)Cl.CCOC(=O)C(C)OC(=O)c1cc(Oc2ccc(C(F)(F)F)cc2Cl)ccc1[N+](=O)[O-].CCc1cccc(CC)c1N(COC)C(=O)CCl.C[S+](C)C.O=C(O)CNCP(=O)([O-])O. The van der Waals surface area contributed by atoms with Gasteiger partial charge in [-0.25, -0.2) is 9.59 Å². The van der Waals surface area contributed by atoms with Crippen LogP contribution in [0.25, 0.3) is 0 Å². The Kier molecular flexibility index (Phi) is 32.1. The lowest BCUT2D eigenvalue weighted by atomic mass is 10.0. The smallest absolute Gasteiger partial charge is 0.416 e. The third kappa shape index (κ3) is 25.3. The van der Waals surface area contributed by atoms with Gasteiger partial charge in [0.25, 0.3) is 11.6 Å². The normalized spacial score (nSPS) is 13.5. The van der Waals surface area contributed by atoms with E-state index in [1.807, 2.05) is 54.7 Å². The first kappa shape index (κ1) is 71.6. The molecule has 4 aromatic rings. The number of nitrogens with one attached hydrogen (secondary N) is 1. The molecule has 79 heavy (non-hydrogen) atoms. The first-order valence-electron chi connectivity index (χ1n) is 23.3. The minimum Gasteiger partial charge on any atom is -0.778 e. The van der Waals surface area contributed by atoms with Crippen LogP contribution in [0.15, 0.2) is 78.9 Å². The van der Waals surface area contributed by atoms with E-state index in [-0.39, 0.29) is 53.6 Å². The monoisotopic (exact) mass is 1230 g/mol. The third-order valence-corrected chi connectivity index (χ3v) is 11.3. The van der Waals surface area contributed by atoms with Gasteiger partial charge in [-0.3, -0.25) is 34.7 Å². The van der Waals surface area contributed by atoms with Crippen molar-refractivity contribution >= 4 is 112 Å². The summed E-state index contributed by atoms with van der Waals surface area (Å²) in [6, 6.07) is 18.8. The van der Waals surface area contributed by atoms with Crippen LogP contribution in [0.5, 0.6) is 17.2 Å². The first-order valence-corrected chi connectivity index (χ1v) is 29.3. The zero-order valence-corrected chi connectivity index (χ0v) is 49.1. The Balaban J connectivity index is 0.000000554. The summed E-state index contributed by atoms with van der Waals surface area (Å²) in [5, 5.41) is 20.8. The second-order valence-corrected chi connectivity index (χ2v) is 22.3. The van der Waals surface area contributed by atoms with Gasteiger partial charge in [-0.2, -0.15) is 13.2 Å². The van der Waals surface area contributed by atoms with Gasteiger partial charge in [-0.15, -0.1) is 11.6 Å². The average molecular weight is 1240 g/mol. The molecule has 0 aromatic heterocycles. The number of carbonyl (C=O) groups excluding carboxylic acids is 4. The number of ether oxygens (including phenoxy) is 5. The van der Waals surface area contributed by atoms with Crippen molar-refractivity contribution < 1.29 is 85.2 Å². The number of fused-ring (bicyclic) bond motifs is 1. The molecule has 0 radical (unpaired) electrons. The first-order chi connectivity index (χ1) is 36.9. The fraction of sp³-hybridized carbons (Fsp3) is 0.420. The summed E-state index contributed by atoms with van der Waals surface area (Å²) in [5.41, 5.74) is 1.79. The predicted molar refractivity (Wildman–Crippen MR) is 296 cm³/mol. The molecule has 1 heterocycles. The second kappa shape index (κ2) is 35.4. The molecule has 20 nitrogen and oxygen atoms in total. The second-order valence-electron chi connectivity index (χ2n) is 16.5. The van der Waals surface area contributed by atoms with Gasteiger partial charge in [0.2, 0.25) is 5.91 Å². The zero-order chi connectivity index (χ0) is 60.4. The van der Waals surface area contributed by atoms with E-state index in [0.717, 1.165) is 65.7 Å². The molecule has 0 fully saturated rings. The van der Waals surface area contributed by atoms with Crippen molar-refractivity contribution in [3.8, 4) is 17.2 Å². The molecule has 1 aliphatic heterocycles. The number of alkyl halides is 6. The number of aliphatic carboxylic acids is 1. The molecule has 3 unspecified atom stereocenters. The number of hydrogen-bond donors (Lipinski definition) is 3.